The average molecular weight is 232 g/mol. The summed E-state index contributed by atoms with van der Waals surface area (Å²) < 4.78 is 0. The van der Waals surface area contributed by atoms with Crippen LogP contribution >= 0.6 is 0 Å². The van der Waals surface area contributed by atoms with E-state index in [4.69, 9.17) is 11.5 Å². The van der Waals surface area contributed by atoms with Crippen LogP contribution in [0.5, 0.6) is 0 Å². The van der Waals surface area contributed by atoms with Crippen LogP contribution in [0.2, 0.25) is 0 Å². The van der Waals surface area contributed by atoms with Gasteiger partial charge in [-0.05, 0) is 25.1 Å². The van der Waals surface area contributed by atoms with Crippen molar-refractivity contribution in [2.45, 2.75) is 6.92 Å². The molecule has 0 aliphatic rings. The molecule has 1 heterocycles. The molecule has 1 aromatic carbocycles. The Balaban J connectivity index is 0.000000171. The average Bonchev–Trinajstić information content (AvgIpc) is 2.31. The summed E-state index contributed by atoms with van der Waals surface area (Å²) in [6, 6.07) is 7.15. The van der Waals surface area contributed by atoms with Crippen LogP contribution in [0.25, 0.3) is 0 Å². The topological polar surface area (TPSA) is 103 Å². The van der Waals surface area contributed by atoms with E-state index in [0.717, 1.165) is 6.54 Å². The lowest BCUT2D eigenvalue weighted by atomic mass is 10.3. The molecule has 2 rings (SSSR count). The zero-order valence-electron chi connectivity index (χ0n) is 9.67. The molecule has 0 saturated heterocycles. The van der Waals surface area contributed by atoms with Crippen LogP contribution in [0.15, 0.2) is 36.9 Å². The fourth-order valence-corrected chi connectivity index (χ4v) is 1.05. The lowest BCUT2D eigenvalue weighted by Crippen LogP contribution is -2.00. The van der Waals surface area contributed by atoms with Gasteiger partial charge in [0, 0.05) is 17.9 Å². The second-order valence-corrected chi connectivity index (χ2v) is 3.16. The third kappa shape index (κ3) is 5.31. The second-order valence-electron chi connectivity index (χ2n) is 3.16. The molecule has 0 bridgehead atoms. The Morgan fingerprint density at radius 1 is 1.12 bits per heavy atom. The number of anilines is 3. The molecule has 1 aromatic heterocycles. The summed E-state index contributed by atoms with van der Waals surface area (Å²) in [5.74, 6) is 0.632. The van der Waals surface area contributed by atoms with Gasteiger partial charge in [-0.15, -0.1) is 0 Å². The number of benzene rings is 1. The van der Waals surface area contributed by atoms with Gasteiger partial charge in [0.25, 0.3) is 0 Å². The Bertz CT molecular complexity index is 414. The molecule has 0 atom stereocenters. The normalized spacial score (nSPS) is 9.00. The number of nitrogens with one attached hydrogen (secondary N) is 1. The van der Waals surface area contributed by atoms with Crippen LogP contribution < -0.4 is 16.8 Å². The molecular formula is C11H16N6. The Kier molecular flexibility index (Phi) is 5.23. The van der Waals surface area contributed by atoms with E-state index in [1.54, 1.807) is 18.2 Å². The SMILES string of the molecule is CCNc1ncncn1.Nc1cccc(N)c1. The van der Waals surface area contributed by atoms with Gasteiger partial charge in [-0.1, -0.05) is 6.07 Å². The van der Waals surface area contributed by atoms with E-state index in [2.05, 4.69) is 20.3 Å². The number of nitrogens with zero attached hydrogens (tertiary/aromatic N) is 3. The number of hydrogen-bond acceptors (Lipinski definition) is 6. The third-order valence-electron chi connectivity index (χ3n) is 1.74. The van der Waals surface area contributed by atoms with Gasteiger partial charge in [0.05, 0.1) is 0 Å². The number of nitrogen functional groups attached to an aromatic ring is 2. The van der Waals surface area contributed by atoms with Gasteiger partial charge in [-0.2, -0.15) is 0 Å². The van der Waals surface area contributed by atoms with Crippen LogP contribution in [-0.4, -0.2) is 21.5 Å². The lowest BCUT2D eigenvalue weighted by Gasteiger charge is -1.95. The Hall–Kier alpha value is -2.37. The van der Waals surface area contributed by atoms with Crippen molar-refractivity contribution >= 4 is 17.3 Å². The molecule has 0 amide bonds. The van der Waals surface area contributed by atoms with E-state index in [-0.39, 0.29) is 0 Å². The van der Waals surface area contributed by atoms with Gasteiger partial charge in [0.2, 0.25) is 5.95 Å². The highest BCUT2D eigenvalue weighted by Crippen LogP contribution is 2.06. The number of aromatic nitrogens is 3. The van der Waals surface area contributed by atoms with E-state index < -0.39 is 0 Å². The van der Waals surface area contributed by atoms with Crippen molar-refractivity contribution in [3.8, 4) is 0 Å². The molecule has 0 aliphatic heterocycles. The van der Waals surface area contributed by atoms with Gasteiger partial charge in [-0.25, -0.2) is 15.0 Å². The highest BCUT2D eigenvalue weighted by Gasteiger charge is 1.86. The van der Waals surface area contributed by atoms with Crippen LogP contribution in [0.4, 0.5) is 17.3 Å². The Labute approximate surface area is 100 Å². The first-order chi connectivity index (χ1) is 8.22. The molecule has 2 aromatic rings. The summed E-state index contributed by atoms with van der Waals surface area (Å²) in [7, 11) is 0. The largest absolute Gasteiger partial charge is 0.399 e. The molecule has 0 radical (unpaired) electrons. The van der Waals surface area contributed by atoms with Crippen molar-refractivity contribution < 1.29 is 0 Å². The molecule has 0 fully saturated rings. The summed E-state index contributed by atoms with van der Waals surface area (Å²) in [5, 5.41) is 2.95. The minimum Gasteiger partial charge on any atom is -0.399 e. The van der Waals surface area contributed by atoms with E-state index in [9.17, 15) is 0 Å². The predicted octanol–water partition coefficient (Wildman–Crippen LogP) is 1.15. The Morgan fingerprint density at radius 2 is 1.71 bits per heavy atom. The molecular weight excluding hydrogens is 216 g/mol. The van der Waals surface area contributed by atoms with Crippen molar-refractivity contribution in [2.24, 2.45) is 0 Å². The van der Waals surface area contributed by atoms with Crippen molar-refractivity contribution in [1.82, 2.24) is 15.0 Å². The first-order valence-corrected chi connectivity index (χ1v) is 5.19. The highest BCUT2D eigenvalue weighted by molar-refractivity contribution is 5.50. The summed E-state index contributed by atoms with van der Waals surface area (Å²) in [5.41, 5.74) is 12.2. The molecule has 90 valence electrons. The van der Waals surface area contributed by atoms with Crippen molar-refractivity contribution in [1.29, 1.82) is 0 Å². The lowest BCUT2D eigenvalue weighted by molar-refractivity contribution is 1.02. The maximum absolute atomic E-state index is 5.38. The molecule has 0 aliphatic carbocycles. The van der Waals surface area contributed by atoms with Gasteiger partial charge >= 0.3 is 0 Å². The summed E-state index contributed by atoms with van der Waals surface area (Å²) in [4.78, 5) is 11.3. The van der Waals surface area contributed by atoms with Crippen molar-refractivity contribution in [3.63, 3.8) is 0 Å². The number of rotatable bonds is 2. The summed E-state index contributed by atoms with van der Waals surface area (Å²) in [6.07, 6.45) is 2.93. The van der Waals surface area contributed by atoms with E-state index in [1.807, 2.05) is 13.0 Å². The molecule has 0 unspecified atom stereocenters. The van der Waals surface area contributed by atoms with Crippen LogP contribution in [0, 0.1) is 0 Å². The maximum Gasteiger partial charge on any atom is 0.225 e. The zero-order valence-corrected chi connectivity index (χ0v) is 9.67. The van der Waals surface area contributed by atoms with E-state index in [1.165, 1.54) is 12.7 Å². The quantitative estimate of drug-likeness (QED) is 0.671. The summed E-state index contributed by atoms with van der Waals surface area (Å²) in [6.45, 7) is 2.83. The first kappa shape index (κ1) is 12.7. The molecule has 0 spiro atoms. The van der Waals surface area contributed by atoms with Gasteiger partial charge in [0.1, 0.15) is 12.7 Å². The van der Waals surface area contributed by atoms with Gasteiger partial charge in [-0.3, -0.25) is 0 Å². The highest BCUT2D eigenvalue weighted by atomic mass is 15.1. The minimum atomic E-state index is 0.632. The zero-order chi connectivity index (χ0) is 12.5. The van der Waals surface area contributed by atoms with Crippen molar-refractivity contribution in [2.75, 3.05) is 23.3 Å². The standard InChI is InChI=1S/C6H8N2.C5H8N4/c7-5-2-1-3-6(8)4-5;1-2-7-5-8-3-6-4-9-5/h1-4H,7-8H2;3-4H,2H2,1H3,(H,6,7,8,9). The summed E-state index contributed by atoms with van der Waals surface area (Å²) >= 11 is 0. The second kappa shape index (κ2) is 7.00. The van der Waals surface area contributed by atoms with Crippen LogP contribution in [-0.2, 0) is 0 Å². The predicted molar refractivity (Wildman–Crippen MR) is 69.3 cm³/mol. The third-order valence-corrected chi connectivity index (χ3v) is 1.74. The number of nitrogens with two attached hydrogens (primary N) is 2. The van der Waals surface area contributed by atoms with Crippen LogP contribution in [0.1, 0.15) is 6.92 Å². The smallest absolute Gasteiger partial charge is 0.225 e. The minimum absolute atomic E-state index is 0.632. The molecule has 6 heteroatoms. The van der Waals surface area contributed by atoms with E-state index >= 15 is 0 Å². The fraction of sp³-hybridized carbons (Fsp3) is 0.182. The molecule has 0 saturated carbocycles. The monoisotopic (exact) mass is 232 g/mol. The van der Waals surface area contributed by atoms with E-state index in [0.29, 0.717) is 17.3 Å². The number of hydrogen-bond donors (Lipinski definition) is 3. The van der Waals surface area contributed by atoms with Gasteiger partial charge < -0.3 is 16.8 Å². The molecule has 5 N–H and O–H groups in total. The molecule has 6 nitrogen and oxygen atoms in total. The maximum atomic E-state index is 5.38. The Morgan fingerprint density at radius 3 is 2.12 bits per heavy atom. The van der Waals surface area contributed by atoms with Crippen LogP contribution in [0.3, 0.4) is 0 Å². The first-order valence-electron chi connectivity index (χ1n) is 5.19. The fourth-order valence-electron chi connectivity index (χ4n) is 1.05. The van der Waals surface area contributed by atoms with Crippen molar-refractivity contribution in [3.05, 3.63) is 36.9 Å². The molecule has 17 heavy (non-hydrogen) atoms. The van der Waals surface area contributed by atoms with Gasteiger partial charge in [0.15, 0.2) is 0 Å².